The second-order valence-electron chi connectivity index (χ2n) is 5.53. The predicted octanol–water partition coefficient (Wildman–Crippen LogP) is 1.20. The molecule has 0 radical (unpaired) electrons. The smallest absolute Gasteiger partial charge is 0.226 e. The van der Waals surface area contributed by atoms with Crippen molar-refractivity contribution in [3.8, 4) is 0 Å². The van der Waals surface area contributed by atoms with E-state index in [1.807, 2.05) is 4.90 Å². The second-order valence-corrected chi connectivity index (χ2v) is 5.53. The van der Waals surface area contributed by atoms with Crippen LogP contribution in [0.2, 0.25) is 0 Å². The number of carbonyl (C=O) groups is 1. The first-order valence-electron chi connectivity index (χ1n) is 7.22. The van der Waals surface area contributed by atoms with E-state index in [1.165, 1.54) is 0 Å². The van der Waals surface area contributed by atoms with Crippen LogP contribution in [-0.4, -0.2) is 60.1 Å². The van der Waals surface area contributed by atoms with Gasteiger partial charge in [0.15, 0.2) is 0 Å². The van der Waals surface area contributed by atoms with E-state index in [9.17, 15) is 4.79 Å². The third-order valence-corrected chi connectivity index (χ3v) is 3.82. The molecule has 4 nitrogen and oxygen atoms in total. The van der Waals surface area contributed by atoms with E-state index >= 15 is 0 Å². The van der Waals surface area contributed by atoms with Crippen molar-refractivity contribution < 1.29 is 9.90 Å². The minimum atomic E-state index is 0.180. The highest BCUT2D eigenvalue weighted by Gasteiger charge is 2.28. The van der Waals surface area contributed by atoms with Crippen LogP contribution in [-0.2, 0) is 4.79 Å². The van der Waals surface area contributed by atoms with Crippen molar-refractivity contribution >= 4 is 5.91 Å². The number of amides is 1. The predicted molar refractivity (Wildman–Crippen MR) is 73.3 cm³/mol. The van der Waals surface area contributed by atoms with Gasteiger partial charge in [-0.15, -0.1) is 0 Å². The Hall–Kier alpha value is -0.610. The van der Waals surface area contributed by atoms with Gasteiger partial charge < -0.3 is 10.0 Å². The van der Waals surface area contributed by atoms with Crippen molar-refractivity contribution in [3.05, 3.63) is 0 Å². The monoisotopic (exact) mass is 256 g/mol. The molecule has 0 bridgehead atoms. The highest BCUT2D eigenvalue weighted by molar-refractivity contribution is 5.79. The molecule has 0 aromatic carbocycles. The Morgan fingerprint density at radius 3 is 2.28 bits per heavy atom. The molecular weight excluding hydrogens is 228 g/mol. The fraction of sp³-hybridized carbons (Fsp3) is 0.929. The second kappa shape index (κ2) is 7.74. The van der Waals surface area contributed by atoms with Gasteiger partial charge in [0, 0.05) is 38.6 Å². The molecule has 0 spiro atoms. The van der Waals surface area contributed by atoms with E-state index in [-0.39, 0.29) is 12.5 Å². The van der Waals surface area contributed by atoms with Gasteiger partial charge in [-0.3, -0.25) is 9.69 Å². The normalized spacial score (nSPS) is 19.3. The maximum absolute atomic E-state index is 12.5. The highest BCUT2D eigenvalue weighted by atomic mass is 16.3. The van der Waals surface area contributed by atoms with Gasteiger partial charge in [-0.1, -0.05) is 27.2 Å². The van der Waals surface area contributed by atoms with Crippen LogP contribution >= 0.6 is 0 Å². The summed E-state index contributed by atoms with van der Waals surface area (Å²) in [7, 11) is 0. The number of nitrogens with zero attached hydrogens (tertiary/aromatic N) is 2. The van der Waals surface area contributed by atoms with Crippen LogP contribution in [0.3, 0.4) is 0 Å². The van der Waals surface area contributed by atoms with E-state index < -0.39 is 0 Å². The summed E-state index contributed by atoms with van der Waals surface area (Å²) >= 11 is 0. The molecule has 1 aliphatic heterocycles. The molecule has 1 atom stereocenters. The van der Waals surface area contributed by atoms with E-state index in [1.54, 1.807) is 0 Å². The van der Waals surface area contributed by atoms with Crippen LogP contribution in [0.25, 0.3) is 0 Å². The summed E-state index contributed by atoms with van der Waals surface area (Å²) in [6, 6.07) is 0. The first-order chi connectivity index (χ1) is 8.60. The molecule has 1 fully saturated rings. The Labute approximate surface area is 111 Å². The third-order valence-electron chi connectivity index (χ3n) is 3.82. The highest BCUT2D eigenvalue weighted by Crippen LogP contribution is 2.20. The average molecular weight is 256 g/mol. The molecule has 4 heteroatoms. The average Bonchev–Trinajstić information content (AvgIpc) is 2.36. The molecule has 1 rings (SSSR count). The van der Waals surface area contributed by atoms with Crippen molar-refractivity contribution in [3.63, 3.8) is 0 Å². The van der Waals surface area contributed by atoms with Crippen LogP contribution < -0.4 is 0 Å². The molecule has 0 saturated carbocycles. The van der Waals surface area contributed by atoms with Gasteiger partial charge in [-0.25, -0.2) is 0 Å². The maximum Gasteiger partial charge on any atom is 0.226 e. The molecule has 0 aromatic rings. The Morgan fingerprint density at radius 1 is 1.22 bits per heavy atom. The van der Waals surface area contributed by atoms with Gasteiger partial charge in [-0.2, -0.15) is 0 Å². The van der Waals surface area contributed by atoms with Gasteiger partial charge >= 0.3 is 0 Å². The van der Waals surface area contributed by atoms with Crippen molar-refractivity contribution in [2.75, 3.05) is 39.3 Å². The van der Waals surface area contributed by atoms with Crippen molar-refractivity contribution in [2.45, 2.75) is 33.6 Å². The summed E-state index contributed by atoms with van der Waals surface area (Å²) in [5.41, 5.74) is 0. The minimum Gasteiger partial charge on any atom is -0.395 e. The maximum atomic E-state index is 12.5. The van der Waals surface area contributed by atoms with E-state index in [0.717, 1.165) is 45.6 Å². The van der Waals surface area contributed by atoms with Gasteiger partial charge in [0.05, 0.1) is 6.61 Å². The summed E-state index contributed by atoms with van der Waals surface area (Å²) in [6.45, 7) is 10.8. The molecule has 0 aliphatic carbocycles. The fourth-order valence-electron chi connectivity index (χ4n) is 2.62. The van der Waals surface area contributed by atoms with Gasteiger partial charge in [0.2, 0.25) is 5.91 Å². The number of piperazine rings is 1. The lowest BCUT2D eigenvalue weighted by atomic mass is 9.90. The SMILES string of the molecule is CCCC(C(=O)N1CCN(CCO)CC1)C(C)C. The first kappa shape index (κ1) is 15.4. The molecule has 1 unspecified atom stereocenters. The fourth-order valence-corrected chi connectivity index (χ4v) is 2.62. The zero-order valence-electron chi connectivity index (χ0n) is 12.1. The van der Waals surface area contributed by atoms with Crippen molar-refractivity contribution in [2.24, 2.45) is 11.8 Å². The summed E-state index contributed by atoms with van der Waals surface area (Å²) < 4.78 is 0. The summed E-state index contributed by atoms with van der Waals surface area (Å²) in [6.07, 6.45) is 2.06. The number of rotatable bonds is 6. The number of β-amino-alcohol motifs (C(OH)–C–C–N with tert-alkyl or cyclic N) is 1. The zero-order valence-corrected chi connectivity index (χ0v) is 12.1. The van der Waals surface area contributed by atoms with Crippen LogP contribution in [0, 0.1) is 11.8 Å². The molecule has 106 valence electrons. The lowest BCUT2D eigenvalue weighted by molar-refractivity contribution is -0.139. The number of aliphatic hydroxyl groups excluding tert-OH is 1. The van der Waals surface area contributed by atoms with Crippen molar-refractivity contribution in [1.29, 1.82) is 0 Å². The van der Waals surface area contributed by atoms with Crippen LogP contribution in [0.1, 0.15) is 33.6 Å². The summed E-state index contributed by atoms with van der Waals surface area (Å²) in [4.78, 5) is 16.7. The molecule has 1 heterocycles. The third kappa shape index (κ3) is 4.25. The van der Waals surface area contributed by atoms with Crippen LogP contribution in [0.15, 0.2) is 0 Å². The molecule has 18 heavy (non-hydrogen) atoms. The molecule has 1 aliphatic rings. The number of hydrogen-bond donors (Lipinski definition) is 1. The Bertz CT molecular complexity index is 248. The zero-order chi connectivity index (χ0) is 13.5. The Kier molecular flexibility index (Phi) is 6.65. The van der Waals surface area contributed by atoms with Gasteiger partial charge in [0.25, 0.3) is 0 Å². The molecular formula is C14H28N2O2. The molecule has 1 amide bonds. The Balaban J connectivity index is 2.47. The largest absolute Gasteiger partial charge is 0.395 e. The van der Waals surface area contributed by atoms with Crippen LogP contribution in [0.5, 0.6) is 0 Å². The Morgan fingerprint density at radius 2 is 1.83 bits per heavy atom. The number of aliphatic hydroxyl groups is 1. The van der Waals surface area contributed by atoms with E-state index in [2.05, 4.69) is 25.7 Å². The van der Waals surface area contributed by atoms with E-state index in [4.69, 9.17) is 5.11 Å². The first-order valence-corrected chi connectivity index (χ1v) is 7.22. The molecule has 1 N–H and O–H groups in total. The lowest BCUT2D eigenvalue weighted by Crippen LogP contribution is -2.51. The van der Waals surface area contributed by atoms with Gasteiger partial charge in [-0.05, 0) is 12.3 Å². The van der Waals surface area contributed by atoms with Gasteiger partial charge in [0.1, 0.15) is 0 Å². The summed E-state index contributed by atoms with van der Waals surface area (Å²) in [5, 5.41) is 8.90. The standard InChI is InChI=1S/C14H28N2O2/c1-4-5-13(12(2)3)14(18)16-8-6-15(7-9-16)10-11-17/h12-13,17H,4-11H2,1-3H3. The molecule has 0 aromatic heterocycles. The minimum absolute atomic E-state index is 0.180. The van der Waals surface area contributed by atoms with Crippen molar-refractivity contribution in [1.82, 2.24) is 9.80 Å². The van der Waals surface area contributed by atoms with E-state index in [0.29, 0.717) is 11.8 Å². The van der Waals surface area contributed by atoms with Crippen LogP contribution in [0.4, 0.5) is 0 Å². The number of hydrogen-bond acceptors (Lipinski definition) is 3. The quantitative estimate of drug-likeness (QED) is 0.776. The summed E-state index contributed by atoms with van der Waals surface area (Å²) in [5.74, 6) is 0.933. The molecule has 1 saturated heterocycles. The topological polar surface area (TPSA) is 43.8 Å². The lowest BCUT2D eigenvalue weighted by Gasteiger charge is -2.37. The number of carbonyl (C=O) groups excluding carboxylic acids is 1.